The molecule has 1 unspecified atom stereocenters. The molecular formula is C20H24F3N3O. The van der Waals surface area contributed by atoms with Gasteiger partial charge in [0.15, 0.2) is 0 Å². The van der Waals surface area contributed by atoms with E-state index in [2.05, 4.69) is 27.4 Å². The maximum absolute atomic E-state index is 13.2. The van der Waals surface area contributed by atoms with Crippen molar-refractivity contribution in [3.05, 3.63) is 41.6 Å². The van der Waals surface area contributed by atoms with Crippen LogP contribution in [-0.2, 0) is 6.18 Å². The minimum absolute atomic E-state index is 0.0786. The first-order chi connectivity index (χ1) is 12.9. The number of anilines is 2. The summed E-state index contributed by atoms with van der Waals surface area (Å²) in [5, 5.41) is 2.96. The SMILES string of the molecule is CCC(C)Oc1nc(Nc2ccc(C3CCCC3)cc2)ncc1C(F)(F)F. The van der Waals surface area contributed by atoms with Gasteiger partial charge in [-0.3, -0.25) is 0 Å². The van der Waals surface area contributed by atoms with E-state index in [0.717, 1.165) is 11.9 Å². The Morgan fingerprint density at radius 1 is 1.19 bits per heavy atom. The molecule has 7 heteroatoms. The molecule has 0 radical (unpaired) electrons. The molecular weight excluding hydrogens is 355 g/mol. The highest BCUT2D eigenvalue weighted by atomic mass is 19.4. The van der Waals surface area contributed by atoms with Gasteiger partial charge in [-0.2, -0.15) is 18.2 Å². The van der Waals surface area contributed by atoms with Gasteiger partial charge in [-0.15, -0.1) is 0 Å². The van der Waals surface area contributed by atoms with Crippen molar-refractivity contribution in [3.8, 4) is 5.88 Å². The number of ether oxygens (including phenoxy) is 1. The zero-order valence-electron chi connectivity index (χ0n) is 15.5. The van der Waals surface area contributed by atoms with Gasteiger partial charge in [-0.05, 0) is 49.8 Å². The molecule has 4 nitrogen and oxygen atoms in total. The topological polar surface area (TPSA) is 47.0 Å². The Morgan fingerprint density at radius 3 is 2.44 bits per heavy atom. The Kier molecular flexibility index (Phi) is 5.87. The molecule has 1 aromatic heterocycles. The highest BCUT2D eigenvalue weighted by Crippen LogP contribution is 2.36. The van der Waals surface area contributed by atoms with Crippen molar-refractivity contribution in [2.45, 2.75) is 64.1 Å². The van der Waals surface area contributed by atoms with Crippen molar-refractivity contribution in [2.75, 3.05) is 5.32 Å². The highest BCUT2D eigenvalue weighted by molar-refractivity contribution is 5.54. The van der Waals surface area contributed by atoms with Crippen LogP contribution in [0.1, 0.15) is 63.0 Å². The van der Waals surface area contributed by atoms with Crippen molar-refractivity contribution >= 4 is 11.6 Å². The normalized spacial score (nSPS) is 16.3. The predicted molar refractivity (Wildman–Crippen MR) is 98.3 cm³/mol. The average molecular weight is 379 g/mol. The maximum atomic E-state index is 13.2. The van der Waals surface area contributed by atoms with Crippen LogP contribution in [0.25, 0.3) is 0 Å². The summed E-state index contributed by atoms with van der Waals surface area (Å²) < 4.78 is 44.9. The highest BCUT2D eigenvalue weighted by Gasteiger charge is 2.36. The Bertz CT molecular complexity index is 756. The first kappa shape index (κ1) is 19.5. The summed E-state index contributed by atoms with van der Waals surface area (Å²) in [5.41, 5.74) is 1.06. The second kappa shape index (κ2) is 8.15. The van der Waals surface area contributed by atoms with Crippen molar-refractivity contribution in [2.24, 2.45) is 0 Å². The van der Waals surface area contributed by atoms with E-state index in [-0.39, 0.29) is 12.1 Å². The zero-order chi connectivity index (χ0) is 19.4. The van der Waals surface area contributed by atoms with Gasteiger partial charge in [-0.1, -0.05) is 31.9 Å². The van der Waals surface area contributed by atoms with E-state index in [0.29, 0.717) is 12.3 Å². The monoisotopic (exact) mass is 379 g/mol. The molecule has 2 aromatic rings. The van der Waals surface area contributed by atoms with E-state index in [1.54, 1.807) is 6.92 Å². The number of alkyl halides is 3. The van der Waals surface area contributed by atoms with Crippen LogP contribution in [0.4, 0.5) is 24.8 Å². The zero-order valence-corrected chi connectivity index (χ0v) is 15.5. The van der Waals surface area contributed by atoms with E-state index < -0.39 is 17.6 Å². The summed E-state index contributed by atoms with van der Waals surface area (Å²) in [5.74, 6) is 0.240. The average Bonchev–Trinajstić information content (AvgIpc) is 3.16. The Morgan fingerprint density at radius 2 is 1.85 bits per heavy atom. The van der Waals surface area contributed by atoms with Gasteiger partial charge >= 0.3 is 6.18 Å². The molecule has 3 rings (SSSR count). The molecule has 0 amide bonds. The van der Waals surface area contributed by atoms with Gasteiger partial charge in [0.05, 0.1) is 6.10 Å². The third kappa shape index (κ3) is 4.90. The maximum Gasteiger partial charge on any atom is 0.423 e. The summed E-state index contributed by atoms with van der Waals surface area (Å²) in [6, 6.07) is 7.92. The van der Waals surface area contributed by atoms with Crippen LogP contribution >= 0.6 is 0 Å². The van der Waals surface area contributed by atoms with Crippen LogP contribution < -0.4 is 10.1 Å². The minimum Gasteiger partial charge on any atom is -0.474 e. The second-order valence-electron chi connectivity index (χ2n) is 6.98. The fourth-order valence-electron chi connectivity index (χ4n) is 3.21. The number of rotatable bonds is 6. The molecule has 1 atom stereocenters. The molecule has 0 bridgehead atoms. The van der Waals surface area contributed by atoms with Gasteiger partial charge in [-0.25, -0.2) is 4.98 Å². The number of nitrogens with zero attached hydrogens (tertiary/aromatic N) is 2. The predicted octanol–water partition coefficient (Wildman–Crippen LogP) is 6.07. The second-order valence-corrected chi connectivity index (χ2v) is 6.98. The van der Waals surface area contributed by atoms with Crippen molar-refractivity contribution < 1.29 is 17.9 Å². The number of halogens is 3. The number of benzene rings is 1. The quantitative estimate of drug-likeness (QED) is 0.661. The molecule has 1 N–H and O–H groups in total. The summed E-state index contributed by atoms with van der Waals surface area (Å²) >= 11 is 0. The Balaban J connectivity index is 1.78. The summed E-state index contributed by atoms with van der Waals surface area (Å²) in [7, 11) is 0. The molecule has 0 spiro atoms. The number of aromatic nitrogens is 2. The third-order valence-electron chi connectivity index (χ3n) is 4.94. The summed E-state index contributed by atoms with van der Waals surface area (Å²) in [6.45, 7) is 3.54. The van der Waals surface area contributed by atoms with Crippen LogP contribution in [-0.4, -0.2) is 16.1 Å². The molecule has 1 saturated carbocycles. The van der Waals surface area contributed by atoms with Crippen LogP contribution in [0.3, 0.4) is 0 Å². The molecule has 1 aliphatic rings. The number of nitrogens with one attached hydrogen (secondary N) is 1. The van der Waals surface area contributed by atoms with E-state index in [1.165, 1.54) is 31.2 Å². The van der Waals surface area contributed by atoms with Gasteiger partial charge in [0.2, 0.25) is 11.8 Å². The first-order valence-corrected chi connectivity index (χ1v) is 9.34. The van der Waals surface area contributed by atoms with Gasteiger partial charge in [0.1, 0.15) is 5.56 Å². The van der Waals surface area contributed by atoms with Crippen LogP contribution in [0.5, 0.6) is 5.88 Å². The van der Waals surface area contributed by atoms with Crippen molar-refractivity contribution in [1.82, 2.24) is 9.97 Å². The van der Waals surface area contributed by atoms with Crippen molar-refractivity contribution in [1.29, 1.82) is 0 Å². The number of hydrogen-bond acceptors (Lipinski definition) is 4. The van der Waals surface area contributed by atoms with Crippen LogP contribution in [0.15, 0.2) is 30.5 Å². The number of hydrogen-bond donors (Lipinski definition) is 1. The smallest absolute Gasteiger partial charge is 0.423 e. The standard InChI is InChI=1S/C20H24F3N3O/c1-3-13(2)27-18-17(20(21,22)23)12-24-19(26-18)25-16-10-8-15(9-11-16)14-6-4-5-7-14/h8-14H,3-7H2,1-2H3,(H,24,25,26). The van der Waals surface area contributed by atoms with Gasteiger partial charge in [0.25, 0.3) is 0 Å². The molecule has 1 heterocycles. The lowest BCUT2D eigenvalue weighted by Gasteiger charge is -2.17. The lowest BCUT2D eigenvalue weighted by atomic mass is 9.98. The van der Waals surface area contributed by atoms with E-state index in [1.807, 2.05) is 19.1 Å². The fourth-order valence-corrected chi connectivity index (χ4v) is 3.21. The van der Waals surface area contributed by atoms with Crippen LogP contribution in [0.2, 0.25) is 0 Å². The Hall–Kier alpha value is -2.31. The molecule has 0 aliphatic heterocycles. The minimum atomic E-state index is -4.57. The fraction of sp³-hybridized carbons (Fsp3) is 0.500. The van der Waals surface area contributed by atoms with E-state index in [4.69, 9.17) is 4.74 Å². The molecule has 27 heavy (non-hydrogen) atoms. The molecule has 0 saturated heterocycles. The van der Waals surface area contributed by atoms with E-state index >= 15 is 0 Å². The van der Waals surface area contributed by atoms with Gasteiger partial charge in [0, 0.05) is 11.9 Å². The summed E-state index contributed by atoms with van der Waals surface area (Å²) in [6.07, 6.45) is 1.36. The van der Waals surface area contributed by atoms with Crippen LogP contribution in [0, 0.1) is 0 Å². The summed E-state index contributed by atoms with van der Waals surface area (Å²) in [4.78, 5) is 7.77. The molecule has 1 fully saturated rings. The largest absolute Gasteiger partial charge is 0.474 e. The lowest BCUT2D eigenvalue weighted by Crippen LogP contribution is -2.17. The molecule has 146 valence electrons. The lowest BCUT2D eigenvalue weighted by molar-refractivity contribution is -0.139. The molecule has 1 aliphatic carbocycles. The Labute approximate surface area is 157 Å². The van der Waals surface area contributed by atoms with Crippen molar-refractivity contribution in [3.63, 3.8) is 0 Å². The third-order valence-corrected chi connectivity index (χ3v) is 4.94. The van der Waals surface area contributed by atoms with Gasteiger partial charge < -0.3 is 10.1 Å². The van der Waals surface area contributed by atoms with E-state index in [9.17, 15) is 13.2 Å². The molecule has 1 aromatic carbocycles. The first-order valence-electron chi connectivity index (χ1n) is 9.34.